The Bertz CT molecular complexity index is 597. The minimum Gasteiger partial charge on any atom is -0.496 e. The Morgan fingerprint density at radius 2 is 1.84 bits per heavy atom. The molecule has 0 saturated heterocycles. The molecule has 0 saturated carbocycles. The molecular weight excluding hydrogens is 257 g/mol. The lowest BCUT2D eigenvalue weighted by molar-refractivity contribution is -0.137. The number of para-hydroxylation sites is 1. The second kappa shape index (κ2) is 4.79. The number of nitrogen functional groups attached to an aromatic ring is 1. The zero-order valence-electron chi connectivity index (χ0n) is 10.0. The molecule has 1 aromatic heterocycles. The van der Waals surface area contributed by atoms with Gasteiger partial charge in [0.25, 0.3) is 0 Å². The van der Waals surface area contributed by atoms with E-state index in [4.69, 9.17) is 10.5 Å². The zero-order chi connectivity index (χ0) is 14.0. The van der Waals surface area contributed by atoms with E-state index >= 15 is 0 Å². The number of pyridine rings is 1. The summed E-state index contributed by atoms with van der Waals surface area (Å²) in [4.78, 5) is 3.73. The SMILES string of the molecule is COc1ccccc1-c1cnc(N)cc1C(F)(F)F. The van der Waals surface area contributed by atoms with Crippen molar-refractivity contribution in [3.63, 3.8) is 0 Å². The summed E-state index contributed by atoms with van der Waals surface area (Å²) >= 11 is 0. The number of anilines is 1. The molecule has 0 aliphatic rings. The van der Waals surface area contributed by atoms with Crippen LogP contribution in [-0.4, -0.2) is 12.1 Å². The molecule has 3 nitrogen and oxygen atoms in total. The number of ether oxygens (including phenoxy) is 1. The van der Waals surface area contributed by atoms with E-state index in [1.54, 1.807) is 24.3 Å². The molecule has 0 atom stereocenters. The third kappa shape index (κ3) is 2.62. The lowest BCUT2D eigenvalue weighted by Gasteiger charge is -2.15. The van der Waals surface area contributed by atoms with Crippen molar-refractivity contribution in [1.29, 1.82) is 0 Å². The number of methoxy groups -OCH3 is 1. The summed E-state index contributed by atoms with van der Waals surface area (Å²) in [6.07, 6.45) is -3.40. The molecule has 0 amide bonds. The van der Waals surface area contributed by atoms with E-state index in [2.05, 4.69) is 4.98 Å². The summed E-state index contributed by atoms with van der Waals surface area (Å²) in [6.45, 7) is 0. The number of hydrogen-bond acceptors (Lipinski definition) is 3. The van der Waals surface area contributed by atoms with Crippen LogP contribution >= 0.6 is 0 Å². The standard InChI is InChI=1S/C13H11F3N2O/c1-19-11-5-3-2-4-8(11)9-7-18-12(17)6-10(9)13(14,15)16/h2-7H,1H3,(H2,17,18). The van der Waals surface area contributed by atoms with Crippen LogP contribution in [0.5, 0.6) is 5.75 Å². The van der Waals surface area contributed by atoms with Crippen molar-refractivity contribution in [3.05, 3.63) is 42.1 Å². The number of nitrogens with zero attached hydrogens (tertiary/aromatic N) is 1. The fourth-order valence-corrected chi connectivity index (χ4v) is 1.79. The monoisotopic (exact) mass is 268 g/mol. The quantitative estimate of drug-likeness (QED) is 0.908. The average Bonchev–Trinajstić information content (AvgIpc) is 2.37. The number of nitrogens with two attached hydrogens (primary N) is 1. The Hall–Kier alpha value is -2.24. The maximum Gasteiger partial charge on any atom is 0.417 e. The van der Waals surface area contributed by atoms with E-state index in [0.29, 0.717) is 11.3 Å². The van der Waals surface area contributed by atoms with Gasteiger partial charge < -0.3 is 10.5 Å². The molecule has 6 heteroatoms. The highest BCUT2D eigenvalue weighted by molar-refractivity contribution is 5.74. The van der Waals surface area contributed by atoms with Crippen molar-refractivity contribution in [3.8, 4) is 16.9 Å². The summed E-state index contributed by atoms with van der Waals surface area (Å²) < 4.78 is 44.1. The minimum atomic E-state index is -4.51. The lowest BCUT2D eigenvalue weighted by atomic mass is 10.0. The van der Waals surface area contributed by atoms with E-state index in [1.165, 1.54) is 7.11 Å². The second-order valence-corrected chi connectivity index (χ2v) is 3.85. The van der Waals surface area contributed by atoms with E-state index in [-0.39, 0.29) is 11.4 Å². The molecule has 0 unspecified atom stereocenters. The van der Waals surface area contributed by atoms with Crippen LogP contribution in [0.3, 0.4) is 0 Å². The number of hydrogen-bond donors (Lipinski definition) is 1. The van der Waals surface area contributed by atoms with Crippen molar-refractivity contribution in [2.24, 2.45) is 0 Å². The Labute approximate surface area is 107 Å². The highest BCUT2D eigenvalue weighted by Gasteiger charge is 2.34. The van der Waals surface area contributed by atoms with Crippen LogP contribution in [0.15, 0.2) is 36.5 Å². The number of rotatable bonds is 2. The maximum absolute atomic E-state index is 13.0. The van der Waals surface area contributed by atoms with Crippen LogP contribution in [0.1, 0.15) is 5.56 Å². The predicted octanol–water partition coefficient (Wildman–Crippen LogP) is 3.36. The average molecular weight is 268 g/mol. The minimum absolute atomic E-state index is 0.0563. The summed E-state index contributed by atoms with van der Waals surface area (Å²) in [6, 6.07) is 7.27. The molecule has 0 aliphatic heterocycles. The smallest absolute Gasteiger partial charge is 0.417 e. The van der Waals surface area contributed by atoms with Crippen LogP contribution in [0.2, 0.25) is 0 Å². The van der Waals surface area contributed by atoms with Gasteiger partial charge in [-0.3, -0.25) is 0 Å². The van der Waals surface area contributed by atoms with Gasteiger partial charge in [-0.05, 0) is 12.1 Å². The number of halogens is 3. The molecule has 0 spiro atoms. The van der Waals surface area contributed by atoms with Crippen LogP contribution in [0.4, 0.5) is 19.0 Å². The first-order valence-corrected chi connectivity index (χ1v) is 5.39. The van der Waals surface area contributed by atoms with Crippen molar-refractivity contribution in [1.82, 2.24) is 4.98 Å². The first-order chi connectivity index (χ1) is 8.93. The Kier molecular flexibility index (Phi) is 3.33. The molecule has 2 N–H and O–H groups in total. The molecule has 0 fully saturated rings. The van der Waals surface area contributed by atoms with Gasteiger partial charge in [-0.25, -0.2) is 4.98 Å². The molecule has 0 bridgehead atoms. The molecular formula is C13H11F3N2O. The van der Waals surface area contributed by atoms with E-state index in [0.717, 1.165) is 12.3 Å². The highest BCUT2D eigenvalue weighted by Crippen LogP contribution is 2.40. The van der Waals surface area contributed by atoms with Crippen LogP contribution < -0.4 is 10.5 Å². The van der Waals surface area contributed by atoms with Gasteiger partial charge in [-0.15, -0.1) is 0 Å². The molecule has 1 aromatic carbocycles. The van der Waals surface area contributed by atoms with Gasteiger partial charge in [-0.1, -0.05) is 18.2 Å². The van der Waals surface area contributed by atoms with Gasteiger partial charge >= 0.3 is 6.18 Å². The topological polar surface area (TPSA) is 48.1 Å². The van der Waals surface area contributed by atoms with Crippen molar-refractivity contribution in [2.45, 2.75) is 6.18 Å². The van der Waals surface area contributed by atoms with Gasteiger partial charge in [0, 0.05) is 17.3 Å². The van der Waals surface area contributed by atoms with Gasteiger partial charge in [0.2, 0.25) is 0 Å². The fraction of sp³-hybridized carbons (Fsp3) is 0.154. The van der Waals surface area contributed by atoms with Gasteiger partial charge in [0.15, 0.2) is 0 Å². The Balaban J connectivity index is 2.69. The number of alkyl halides is 3. The maximum atomic E-state index is 13.0. The fourth-order valence-electron chi connectivity index (χ4n) is 1.79. The van der Waals surface area contributed by atoms with E-state index < -0.39 is 11.7 Å². The number of benzene rings is 1. The lowest BCUT2D eigenvalue weighted by Crippen LogP contribution is -2.09. The van der Waals surface area contributed by atoms with Crippen LogP contribution in [0, 0.1) is 0 Å². The van der Waals surface area contributed by atoms with Gasteiger partial charge in [0.05, 0.1) is 12.7 Å². The molecule has 100 valence electrons. The van der Waals surface area contributed by atoms with Gasteiger partial charge in [0.1, 0.15) is 11.6 Å². The summed E-state index contributed by atoms with van der Waals surface area (Å²) in [7, 11) is 1.40. The van der Waals surface area contributed by atoms with Crippen LogP contribution in [0.25, 0.3) is 11.1 Å². The summed E-state index contributed by atoms with van der Waals surface area (Å²) in [5, 5.41) is 0. The summed E-state index contributed by atoms with van der Waals surface area (Å²) in [5.74, 6) is 0.172. The van der Waals surface area contributed by atoms with E-state index in [1.807, 2.05) is 0 Å². The molecule has 19 heavy (non-hydrogen) atoms. The third-order valence-electron chi connectivity index (χ3n) is 2.63. The zero-order valence-corrected chi connectivity index (χ0v) is 10.0. The van der Waals surface area contributed by atoms with Crippen molar-refractivity contribution >= 4 is 5.82 Å². The normalized spacial score (nSPS) is 11.4. The molecule has 1 heterocycles. The largest absolute Gasteiger partial charge is 0.496 e. The van der Waals surface area contributed by atoms with Crippen molar-refractivity contribution < 1.29 is 17.9 Å². The Morgan fingerprint density at radius 1 is 1.16 bits per heavy atom. The van der Waals surface area contributed by atoms with E-state index in [9.17, 15) is 13.2 Å². The van der Waals surface area contributed by atoms with Crippen molar-refractivity contribution in [2.75, 3.05) is 12.8 Å². The molecule has 2 aromatic rings. The predicted molar refractivity (Wildman–Crippen MR) is 65.6 cm³/mol. The molecule has 2 rings (SSSR count). The summed E-state index contributed by atoms with van der Waals surface area (Å²) in [5.41, 5.74) is 4.77. The first-order valence-electron chi connectivity index (χ1n) is 5.39. The Morgan fingerprint density at radius 3 is 2.47 bits per heavy atom. The molecule has 0 aliphatic carbocycles. The molecule has 0 radical (unpaired) electrons. The number of aromatic nitrogens is 1. The third-order valence-corrected chi connectivity index (χ3v) is 2.63. The first kappa shape index (κ1) is 13.2. The second-order valence-electron chi connectivity index (χ2n) is 3.85. The highest BCUT2D eigenvalue weighted by atomic mass is 19.4. The van der Waals surface area contributed by atoms with Crippen LogP contribution in [-0.2, 0) is 6.18 Å². The van der Waals surface area contributed by atoms with Gasteiger partial charge in [-0.2, -0.15) is 13.2 Å².